The third-order valence-electron chi connectivity index (χ3n) is 6.65. The summed E-state index contributed by atoms with van der Waals surface area (Å²) in [7, 11) is 0. The molecule has 0 saturated carbocycles. The van der Waals surface area contributed by atoms with Crippen molar-refractivity contribution in [3.8, 4) is 11.4 Å². The first-order valence-electron chi connectivity index (χ1n) is 12.1. The Bertz CT molecular complexity index is 1380. The first-order valence-corrected chi connectivity index (χ1v) is 12.8. The van der Waals surface area contributed by atoms with Gasteiger partial charge in [0.1, 0.15) is 11.3 Å². The summed E-state index contributed by atoms with van der Waals surface area (Å²) in [5.41, 5.74) is 1.16. The van der Waals surface area contributed by atoms with Crippen LogP contribution < -0.4 is 10.6 Å². The number of hydrogen-bond donors (Lipinski definition) is 2. The lowest BCUT2D eigenvalue weighted by Gasteiger charge is -2.23. The lowest BCUT2D eigenvalue weighted by molar-refractivity contribution is -0.138. The Labute approximate surface area is 222 Å². The quantitative estimate of drug-likeness (QED) is 0.265. The van der Waals surface area contributed by atoms with Crippen molar-refractivity contribution < 1.29 is 13.2 Å². The van der Waals surface area contributed by atoms with Crippen molar-refractivity contribution in [1.29, 1.82) is 0 Å². The van der Waals surface area contributed by atoms with Crippen molar-refractivity contribution in [3.63, 3.8) is 0 Å². The molecule has 6 nitrogen and oxygen atoms in total. The zero-order valence-electron chi connectivity index (χ0n) is 19.8. The van der Waals surface area contributed by atoms with Gasteiger partial charge in [0, 0.05) is 13.1 Å². The zero-order chi connectivity index (χ0) is 26.0. The Morgan fingerprint density at radius 1 is 1.00 bits per heavy atom. The SMILES string of the molecule is FC(F)(F)c1ccccc1CNc1ncc2nc(-c3c(Cl)cccc3Cl)n(CCC3CCNCC3)c2n1. The van der Waals surface area contributed by atoms with Crippen LogP contribution in [0.1, 0.15) is 30.4 Å². The topological polar surface area (TPSA) is 67.7 Å². The summed E-state index contributed by atoms with van der Waals surface area (Å²) in [6, 6.07) is 10.7. The van der Waals surface area contributed by atoms with Crippen LogP contribution in [-0.2, 0) is 19.3 Å². The van der Waals surface area contributed by atoms with E-state index in [-0.39, 0.29) is 18.1 Å². The highest BCUT2D eigenvalue weighted by Crippen LogP contribution is 2.36. The first-order chi connectivity index (χ1) is 17.8. The van der Waals surface area contributed by atoms with E-state index in [4.69, 9.17) is 28.2 Å². The Balaban J connectivity index is 1.49. The number of aromatic nitrogens is 4. The van der Waals surface area contributed by atoms with Crippen LogP contribution in [0.3, 0.4) is 0 Å². The maximum Gasteiger partial charge on any atom is 0.416 e. The standard InChI is InChI=1S/C26H25Cl2F3N6/c27-19-6-3-7-20(28)22(19)24-35-21-15-34-25(33-14-17-4-1-2-5-18(17)26(29,30)31)36-23(21)37(24)13-10-16-8-11-32-12-9-16/h1-7,15-16,32H,8-14H2,(H,33,34,36). The van der Waals surface area contributed by atoms with Crippen LogP contribution in [-0.4, -0.2) is 32.6 Å². The number of anilines is 1. The minimum absolute atomic E-state index is 0.0758. The Morgan fingerprint density at radius 3 is 2.46 bits per heavy atom. The van der Waals surface area contributed by atoms with Gasteiger partial charge in [0.25, 0.3) is 0 Å². The molecule has 0 aliphatic carbocycles. The van der Waals surface area contributed by atoms with Gasteiger partial charge >= 0.3 is 6.18 Å². The molecule has 1 fully saturated rings. The predicted molar refractivity (Wildman–Crippen MR) is 140 cm³/mol. The van der Waals surface area contributed by atoms with Crippen molar-refractivity contribution in [2.45, 2.75) is 38.5 Å². The highest BCUT2D eigenvalue weighted by molar-refractivity contribution is 6.39. The molecule has 2 aromatic heterocycles. The number of nitrogens with one attached hydrogen (secondary N) is 2. The average Bonchev–Trinajstić information content (AvgIpc) is 3.23. The van der Waals surface area contributed by atoms with Crippen LogP contribution in [0.5, 0.6) is 0 Å². The second kappa shape index (κ2) is 10.8. The zero-order valence-corrected chi connectivity index (χ0v) is 21.3. The second-order valence-electron chi connectivity index (χ2n) is 9.08. The molecule has 0 amide bonds. The second-order valence-corrected chi connectivity index (χ2v) is 9.89. The van der Waals surface area contributed by atoms with Gasteiger partial charge in [-0.05, 0) is 62.0 Å². The largest absolute Gasteiger partial charge is 0.416 e. The summed E-state index contributed by atoms with van der Waals surface area (Å²) >= 11 is 13.1. The molecule has 0 atom stereocenters. The normalized spacial score (nSPS) is 14.8. The third kappa shape index (κ3) is 5.68. The number of aryl methyl sites for hydroxylation is 1. The summed E-state index contributed by atoms with van der Waals surface area (Å²) in [5, 5.41) is 7.28. The predicted octanol–water partition coefficient (Wildman–Crippen LogP) is 6.82. The van der Waals surface area contributed by atoms with Crippen LogP contribution in [0, 0.1) is 5.92 Å². The van der Waals surface area contributed by atoms with Gasteiger partial charge in [0.05, 0.1) is 27.4 Å². The third-order valence-corrected chi connectivity index (χ3v) is 7.28. The molecule has 5 rings (SSSR count). The van der Waals surface area contributed by atoms with E-state index in [9.17, 15) is 13.2 Å². The van der Waals surface area contributed by atoms with E-state index < -0.39 is 11.7 Å². The van der Waals surface area contributed by atoms with Crippen LogP contribution in [0.15, 0.2) is 48.7 Å². The molecular weight excluding hydrogens is 524 g/mol. The number of alkyl halides is 3. The molecule has 2 aromatic carbocycles. The molecule has 3 heterocycles. The van der Waals surface area contributed by atoms with Crippen molar-refractivity contribution >= 4 is 40.3 Å². The summed E-state index contributed by atoms with van der Waals surface area (Å²) in [6.45, 7) is 2.56. The minimum Gasteiger partial charge on any atom is -0.350 e. The molecule has 0 unspecified atom stereocenters. The average molecular weight is 549 g/mol. The molecule has 4 aromatic rings. The monoisotopic (exact) mass is 548 g/mol. The van der Waals surface area contributed by atoms with Gasteiger partial charge in [-0.2, -0.15) is 18.2 Å². The van der Waals surface area contributed by atoms with Crippen LogP contribution in [0.25, 0.3) is 22.6 Å². The number of piperidine rings is 1. The van der Waals surface area contributed by atoms with Gasteiger partial charge in [-0.25, -0.2) is 9.97 Å². The summed E-state index contributed by atoms with van der Waals surface area (Å²) in [5.74, 6) is 1.37. The fourth-order valence-corrected chi connectivity index (χ4v) is 5.29. The molecule has 0 spiro atoms. The molecule has 1 saturated heterocycles. The van der Waals surface area contributed by atoms with E-state index in [1.165, 1.54) is 12.1 Å². The molecule has 11 heteroatoms. The number of halogens is 5. The number of fused-ring (bicyclic) bond motifs is 1. The first kappa shape index (κ1) is 25.8. The minimum atomic E-state index is -4.44. The van der Waals surface area contributed by atoms with Gasteiger partial charge in [-0.3, -0.25) is 0 Å². The maximum absolute atomic E-state index is 13.4. The van der Waals surface area contributed by atoms with Crippen LogP contribution in [0.2, 0.25) is 10.0 Å². The Morgan fingerprint density at radius 2 is 1.73 bits per heavy atom. The Kier molecular flexibility index (Phi) is 7.55. The van der Waals surface area contributed by atoms with Gasteiger partial charge < -0.3 is 15.2 Å². The lowest BCUT2D eigenvalue weighted by atomic mass is 9.95. The van der Waals surface area contributed by atoms with Crippen molar-refractivity contribution in [1.82, 2.24) is 24.8 Å². The summed E-state index contributed by atoms with van der Waals surface area (Å²) < 4.78 is 42.2. The number of nitrogens with zero attached hydrogens (tertiary/aromatic N) is 4. The maximum atomic E-state index is 13.4. The molecule has 37 heavy (non-hydrogen) atoms. The molecule has 194 valence electrons. The Hall–Kier alpha value is -2.88. The van der Waals surface area contributed by atoms with E-state index in [0.717, 1.165) is 38.4 Å². The summed E-state index contributed by atoms with van der Waals surface area (Å²) in [6.07, 6.45) is 0.230. The number of benzene rings is 2. The van der Waals surface area contributed by atoms with E-state index in [0.29, 0.717) is 45.1 Å². The molecule has 0 bridgehead atoms. The molecule has 1 aliphatic rings. The van der Waals surface area contributed by atoms with E-state index >= 15 is 0 Å². The van der Waals surface area contributed by atoms with Gasteiger partial charge in [-0.15, -0.1) is 0 Å². The van der Waals surface area contributed by atoms with Crippen molar-refractivity contribution in [3.05, 3.63) is 69.8 Å². The van der Waals surface area contributed by atoms with E-state index in [1.54, 1.807) is 30.5 Å². The smallest absolute Gasteiger partial charge is 0.350 e. The highest BCUT2D eigenvalue weighted by Gasteiger charge is 2.32. The lowest BCUT2D eigenvalue weighted by Crippen LogP contribution is -2.28. The number of hydrogen-bond acceptors (Lipinski definition) is 5. The van der Waals surface area contributed by atoms with Crippen molar-refractivity contribution in [2.75, 3.05) is 18.4 Å². The highest BCUT2D eigenvalue weighted by atomic mass is 35.5. The van der Waals surface area contributed by atoms with Gasteiger partial charge in [-0.1, -0.05) is 47.5 Å². The molecule has 0 radical (unpaired) electrons. The van der Waals surface area contributed by atoms with Crippen LogP contribution in [0.4, 0.5) is 19.1 Å². The fraction of sp³-hybridized carbons (Fsp3) is 0.346. The van der Waals surface area contributed by atoms with Gasteiger partial charge in [0.15, 0.2) is 5.65 Å². The molecule has 2 N–H and O–H groups in total. The van der Waals surface area contributed by atoms with E-state index in [2.05, 4.69) is 20.6 Å². The van der Waals surface area contributed by atoms with Crippen LogP contribution >= 0.6 is 23.2 Å². The van der Waals surface area contributed by atoms with E-state index in [1.807, 2.05) is 4.57 Å². The fourth-order valence-electron chi connectivity index (χ4n) is 4.73. The molecule has 1 aliphatic heterocycles. The van der Waals surface area contributed by atoms with Crippen molar-refractivity contribution in [2.24, 2.45) is 5.92 Å². The number of imidazole rings is 1. The molecular formula is C26H25Cl2F3N6. The summed E-state index contributed by atoms with van der Waals surface area (Å²) in [4.78, 5) is 13.7. The number of rotatable bonds is 7. The van der Waals surface area contributed by atoms with Gasteiger partial charge in [0.2, 0.25) is 5.95 Å².